The number of urea groups is 1. The first-order valence-electron chi connectivity index (χ1n) is 6.67. The number of nitrogens with zero attached hydrogens (tertiary/aromatic N) is 1. The molecule has 2 fully saturated rings. The van der Waals surface area contributed by atoms with Gasteiger partial charge < -0.3 is 19.7 Å². The van der Waals surface area contributed by atoms with Crippen LogP contribution in [0.5, 0.6) is 0 Å². The minimum absolute atomic E-state index is 0.0818. The van der Waals surface area contributed by atoms with Crippen molar-refractivity contribution in [3.63, 3.8) is 0 Å². The number of carbonyl (C=O) groups is 1. The van der Waals surface area contributed by atoms with E-state index in [0.29, 0.717) is 38.9 Å². The van der Waals surface area contributed by atoms with Gasteiger partial charge in [0.15, 0.2) is 5.79 Å². The van der Waals surface area contributed by atoms with Gasteiger partial charge >= 0.3 is 12.2 Å². The number of carbonyl (C=O) groups excluding carboxylic acids is 1. The molecule has 8 heteroatoms. The molecule has 20 heavy (non-hydrogen) atoms. The van der Waals surface area contributed by atoms with E-state index in [9.17, 15) is 18.0 Å². The van der Waals surface area contributed by atoms with Gasteiger partial charge in [-0.3, -0.25) is 0 Å². The molecule has 0 atom stereocenters. The van der Waals surface area contributed by atoms with Crippen molar-refractivity contribution < 1.29 is 27.4 Å². The highest BCUT2D eigenvalue weighted by molar-refractivity contribution is 5.74. The zero-order valence-corrected chi connectivity index (χ0v) is 11.3. The Morgan fingerprint density at radius 1 is 1.30 bits per heavy atom. The van der Waals surface area contributed by atoms with Gasteiger partial charge in [0, 0.05) is 25.9 Å². The van der Waals surface area contributed by atoms with Gasteiger partial charge in [-0.05, 0) is 12.8 Å². The van der Waals surface area contributed by atoms with Crippen LogP contribution in [-0.4, -0.2) is 55.7 Å². The van der Waals surface area contributed by atoms with E-state index in [1.54, 1.807) is 0 Å². The quantitative estimate of drug-likeness (QED) is 0.846. The van der Waals surface area contributed by atoms with Crippen LogP contribution >= 0.6 is 0 Å². The van der Waals surface area contributed by atoms with Gasteiger partial charge in [0.2, 0.25) is 0 Å². The van der Waals surface area contributed by atoms with Crippen LogP contribution in [0.1, 0.15) is 25.7 Å². The van der Waals surface area contributed by atoms with Crippen molar-refractivity contribution >= 4 is 6.03 Å². The maximum absolute atomic E-state index is 12.1. The van der Waals surface area contributed by atoms with Gasteiger partial charge in [0.05, 0.1) is 13.2 Å². The van der Waals surface area contributed by atoms with Crippen molar-refractivity contribution in [1.82, 2.24) is 10.2 Å². The maximum Gasteiger partial charge on any atom is 0.405 e. The molecule has 1 saturated carbocycles. The number of ether oxygens (including phenoxy) is 2. The van der Waals surface area contributed by atoms with Gasteiger partial charge in [-0.2, -0.15) is 13.2 Å². The van der Waals surface area contributed by atoms with Gasteiger partial charge in [-0.15, -0.1) is 0 Å². The van der Waals surface area contributed by atoms with Gasteiger partial charge in [0.25, 0.3) is 0 Å². The zero-order valence-electron chi connectivity index (χ0n) is 11.3. The lowest BCUT2D eigenvalue weighted by molar-refractivity contribution is -0.182. The summed E-state index contributed by atoms with van der Waals surface area (Å²) in [4.78, 5) is 13.0. The van der Waals surface area contributed by atoms with Crippen LogP contribution in [0.4, 0.5) is 18.0 Å². The molecule has 1 N–H and O–H groups in total. The van der Waals surface area contributed by atoms with Crippen molar-refractivity contribution in [3.8, 4) is 0 Å². The van der Waals surface area contributed by atoms with Gasteiger partial charge in [0.1, 0.15) is 6.54 Å². The Hall–Kier alpha value is -1.02. The van der Waals surface area contributed by atoms with E-state index in [1.807, 2.05) is 5.32 Å². The highest BCUT2D eigenvalue weighted by Crippen LogP contribution is 2.37. The third-order valence-corrected chi connectivity index (χ3v) is 3.84. The monoisotopic (exact) mass is 296 g/mol. The summed E-state index contributed by atoms with van der Waals surface area (Å²) in [5.74, 6) is -0.528. The lowest BCUT2D eigenvalue weighted by Crippen LogP contribution is -2.49. The molecule has 2 rings (SSSR count). The van der Waals surface area contributed by atoms with Crippen LogP contribution in [0.25, 0.3) is 0 Å². The second kappa shape index (κ2) is 5.77. The molecule has 1 aliphatic carbocycles. The molecule has 0 radical (unpaired) electrons. The number of rotatable bonds is 2. The van der Waals surface area contributed by atoms with Crippen LogP contribution in [0.3, 0.4) is 0 Å². The summed E-state index contributed by atoms with van der Waals surface area (Å²) in [6.07, 6.45) is -1.74. The molecule has 1 saturated heterocycles. The Morgan fingerprint density at radius 2 is 1.85 bits per heavy atom. The highest BCUT2D eigenvalue weighted by Gasteiger charge is 2.41. The molecular formula is C12H19F3N2O3. The molecule has 1 spiro atoms. The predicted octanol–water partition coefficient (Wildman–Crippen LogP) is 1.88. The van der Waals surface area contributed by atoms with Gasteiger partial charge in [-0.1, -0.05) is 0 Å². The Labute approximate surface area is 115 Å². The summed E-state index contributed by atoms with van der Waals surface area (Å²) < 4.78 is 47.3. The van der Waals surface area contributed by atoms with Crippen LogP contribution < -0.4 is 5.32 Å². The van der Waals surface area contributed by atoms with Crippen molar-refractivity contribution in [2.75, 3.05) is 26.8 Å². The molecule has 1 aliphatic heterocycles. The maximum atomic E-state index is 12.1. The molecule has 0 aromatic carbocycles. The number of alkyl halides is 3. The molecule has 2 aliphatic rings. The number of nitrogens with one attached hydrogen (secondary N) is 1. The summed E-state index contributed by atoms with van der Waals surface area (Å²) in [7, 11) is 1.52. The molecule has 0 aromatic rings. The van der Waals surface area contributed by atoms with E-state index in [4.69, 9.17) is 9.47 Å². The Morgan fingerprint density at radius 3 is 2.35 bits per heavy atom. The molecule has 1 heterocycles. The van der Waals surface area contributed by atoms with Crippen molar-refractivity contribution in [1.29, 1.82) is 0 Å². The average molecular weight is 296 g/mol. The van der Waals surface area contributed by atoms with Gasteiger partial charge in [-0.25, -0.2) is 4.79 Å². The summed E-state index contributed by atoms with van der Waals surface area (Å²) in [6.45, 7) is -0.155. The second-order valence-corrected chi connectivity index (χ2v) is 5.22. The van der Waals surface area contributed by atoms with Crippen molar-refractivity contribution in [2.45, 2.75) is 43.7 Å². The van der Waals surface area contributed by atoms with Crippen LogP contribution in [0, 0.1) is 0 Å². The first kappa shape index (κ1) is 15.4. The SMILES string of the molecule is CN(C(=O)NCC(F)(F)F)C1CCC2(CC1)OCCO2. The molecule has 0 aromatic heterocycles. The molecule has 2 amide bonds. The number of halogens is 3. The van der Waals surface area contributed by atoms with E-state index in [0.717, 1.165) is 0 Å². The highest BCUT2D eigenvalue weighted by atomic mass is 19.4. The Bertz CT molecular complexity index is 346. The minimum atomic E-state index is -4.39. The third kappa shape index (κ3) is 3.76. The van der Waals surface area contributed by atoms with E-state index in [1.165, 1.54) is 11.9 Å². The van der Waals surface area contributed by atoms with E-state index in [2.05, 4.69) is 0 Å². The van der Waals surface area contributed by atoms with E-state index < -0.39 is 24.5 Å². The first-order valence-corrected chi connectivity index (χ1v) is 6.67. The third-order valence-electron chi connectivity index (χ3n) is 3.84. The number of hydrogen-bond donors (Lipinski definition) is 1. The minimum Gasteiger partial charge on any atom is -0.348 e. The smallest absolute Gasteiger partial charge is 0.348 e. The fourth-order valence-corrected chi connectivity index (χ4v) is 2.68. The Balaban J connectivity index is 1.79. The topological polar surface area (TPSA) is 50.8 Å². The summed E-state index contributed by atoms with van der Waals surface area (Å²) in [5, 5.41) is 1.88. The van der Waals surface area contributed by atoms with Crippen molar-refractivity contribution in [2.24, 2.45) is 0 Å². The Kier molecular flexibility index (Phi) is 4.43. The average Bonchev–Trinajstić information content (AvgIpc) is 2.83. The molecular weight excluding hydrogens is 277 g/mol. The zero-order chi connectivity index (χ0) is 14.8. The van der Waals surface area contributed by atoms with Crippen molar-refractivity contribution in [3.05, 3.63) is 0 Å². The standard InChI is InChI=1S/C12H19F3N2O3/c1-17(10(18)16-8-12(13,14)15)9-2-4-11(5-3-9)19-6-7-20-11/h9H,2-8H2,1H3,(H,16,18). The second-order valence-electron chi connectivity index (χ2n) is 5.22. The van der Waals surface area contributed by atoms with E-state index >= 15 is 0 Å². The number of hydrogen-bond acceptors (Lipinski definition) is 3. The molecule has 0 unspecified atom stereocenters. The fraction of sp³-hybridized carbons (Fsp3) is 0.917. The van der Waals surface area contributed by atoms with E-state index in [-0.39, 0.29) is 6.04 Å². The largest absolute Gasteiger partial charge is 0.405 e. The summed E-state index contributed by atoms with van der Waals surface area (Å²) in [6, 6.07) is -0.779. The normalized spacial score (nSPS) is 23.0. The summed E-state index contributed by atoms with van der Waals surface area (Å²) >= 11 is 0. The first-order chi connectivity index (χ1) is 9.31. The van der Waals surface area contributed by atoms with Crippen LogP contribution in [0.2, 0.25) is 0 Å². The fourth-order valence-electron chi connectivity index (χ4n) is 2.68. The predicted molar refractivity (Wildman–Crippen MR) is 64.1 cm³/mol. The molecule has 0 bridgehead atoms. The number of amides is 2. The van der Waals surface area contributed by atoms with Crippen LogP contribution in [-0.2, 0) is 9.47 Å². The lowest BCUT2D eigenvalue weighted by Gasteiger charge is -2.38. The molecule has 116 valence electrons. The molecule has 5 nitrogen and oxygen atoms in total. The summed E-state index contributed by atoms with van der Waals surface area (Å²) in [5.41, 5.74) is 0. The lowest BCUT2D eigenvalue weighted by atomic mass is 9.89. The van der Waals surface area contributed by atoms with Crippen LogP contribution in [0.15, 0.2) is 0 Å².